The molecule has 18 nitrogen and oxygen atoms in total. The standard InChI is InChI=1S/C43H52N2O16/c1-22-27(59-38(52)32(49)31(26-13-10-16-56-26)44-39(53)45-14-17-55-18-15-45)20-43(54)36(60-37(51)25-11-8-7-9-12-25)34-41(6,28(48)19-29-42(34,21-57-29)61-24(3)47)35(50)33(58-23(2)46)30(22)40(43,4)5/h7-13,16,27-29,31-34,36,48-49,54H,14-15,17-21H2,1-6H3,(H,44,53)/t27?,28?,29?,31?,32?,33?,34?,36?,41-,42+,43?/m1/s1. The van der Waals surface area contributed by atoms with Gasteiger partial charge in [-0.15, -0.1) is 0 Å². The minimum atomic E-state index is -2.40. The molecule has 0 radical (unpaired) electrons. The number of urea groups is 1. The molecule has 2 bridgehead atoms. The highest BCUT2D eigenvalue weighted by Crippen LogP contribution is 2.64. The van der Waals surface area contributed by atoms with Gasteiger partial charge in [0.1, 0.15) is 35.7 Å². The van der Waals surface area contributed by atoms with E-state index in [1.807, 2.05) is 0 Å². The Morgan fingerprint density at radius 3 is 2.23 bits per heavy atom. The summed E-state index contributed by atoms with van der Waals surface area (Å²) >= 11 is 0. The maximum Gasteiger partial charge on any atom is 0.338 e. The first-order valence-corrected chi connectivity index (χ1v) is 20.2. The largest absolute Gasteiger partial charge is 0.467 e. The average Bonchev–Trinajstić information content (AvgIpc) is 3.76. The minimum absolute atomic E-state index is 0.0156. The third kappa shape index (κ3) is 7.30. The fraction of sp³-hybridized carbons (Fsp3) is 0.581. The zero-order valence-electron chi connectivity index (χ0n) is 34.8. The lowest BCUT2D eigenvalue weighted by Gasteiger charge is -2.67. The molecule has 9 unspecified atom stereocenters. The molecular formula is C43H52N2O16. The fourth-order valence-electron chi connectivity index (χ4n) is 10.1. The van der Waals surface area contributed by atoms with Crippen molar-refractivity contribution in [3.63, 3.8) is 0 Å². The molecule has 2 aliphatic heterocycles. The van der Waals surface area contributed by atoms with Gasteiger partial charge >= 0.3 is 29.9 Å². The number of ether oxygens (including phenoxy) is 6. The van der Waals surface area contributed by atoms with Crippen molar-refractivity contribution >= 4 is 35.7 Å². The van der Waals surface area contributed by atoms with E-state index < -0.39 is 113 Å². The van der Waals surface area contributed by atoms with E-state index in [-0.39, 0.29) is 61.8 Å². The van der Waals surface area contributed by atoms with Crippen molar-refractivity contribution in [1.82, 2.24) is 10.2 Å². The SMILES string of the molecule is CC(=O)OC1C(=O)[C@]2(C)C(O)CC3OC[C@@]3(OC(C)=O)C2C(OC(=O)c2ccccc2)C2(O)CC(OC(=O)C(O)C(NC(=O)N3CCOCC3)c3ccco3)C(C)=C1C2(C)C. The average molecular weight is 853 g/mol. The Labute approximate surface area is 351 Å². The van der Waals surface area contributed by atoms with E-state index in [9.17, 15) is 39.3 Å². The fourth-order valence-corrected chi connectivity index (χ4v) is 10.1. The highest BCUT2D eigenvalue weighted by atomic mass is 16.6. The zero-order valence-corrected chi connectivity index (χ0v) is 34.8. The molecule has 2 amide bonds. The van der Waals surface area contributed by atoms with Gasteiger partial charge in [-0.1, -0.05) is 32.0 Å². The van der Waals surface area contributed by atoms with Crippen molar-refractivity contribution in [1.29, 1.82) is 0 Å². The molecule has 18 heteroatoms. The van der Waals surface area contributed by atoms with Crippen LogP contribution < -0.4 is 5.32 Å². The highest BCUT2D eigenvalue weighted by molar-refractivity contribution is 5.95. The van der Waals surface area contributed by atoms with Crippen molar-refractivity contribution in [2.24, 2.45) is 16.7 Å². The monoisotopic (exact) mass is 852 g/mol. The molecule has 4 fully saturated rings. The number of aliphatic hydroxyl groups excluding tert-OH is 2. The second-order valence-corrected chi connectivity index (χ2v) is 17.2. The molecule has 4 N–H and O–H groups in total. The molecule has 2 saturated heterocycles. The first-order chi connectivity index (χ1) is 28.8. The number of hydrogen-bond donors (Lipinski definition) is 4. The smallest absolute Gasteiger partial charge is 0.338 e. The van der Waals surface area contributed by atoms with Crippen molar-refractivity contribution in [2.75, 3.05) is 32.9 Å². The number of amides is 2. The Hall–Kier alpha value is -5.14. The van der Waals surface area contributed by atoms with Gasteiger partial charge in [-0.2, -0.15) is 0 Å². The second-order valence-electron chi connectivity index (χ2n) is 17.2. The van der Waals surface area contributed by atoms with Crippen LogP contribution in [0, 0.1) is 16.7 Å². The van der Waals surface area contributed by atoms with Crippen molar-refractivity contribution in [2.45, 2.75) is 108 Å². The van der Waals surface area contributed by atoms with E-state index in [1.54, 1.807) is 32.0 Å². The summed E-state index contributed by atoms with van der Waals surface area (Å²) in [4.78, 5) is 84.6. The van der Waals surface area contributed by atoms with Crippen LogP contribution in [0.4, 0.5) is 4.79 Å². The highest BCUT2D eigenvalue weighted by Gasteiger charge is 2.78. The molecule has 3 aliphatic carbocycles. The van der Waals surface area contributed by atoms with Crippen LogP contribution in [0.5, 0.6) is 0 Å². The number of morpholine rings is 1. The Morgan fingerprint density at radius 1 is 0.951 bits per heavy atom. The number of benzene rings is 1. The van der Waals surface area contributed by atoms with Gasteiger partial charge in [-0.3, -0.25) is 14.4 Å². The molecule has 330 valence electrons. The maximum absolute atomic E-state index is 15.4. The Bertz CT molecular complexity index is 2080. The topological polar surface area (TPSA) is 247 Å². The normalized spacial score (nSPS) is 33.9. The second kappa shape index (κ2) is 16.3. The molecule has 0 spiro atoms. The van der Waals surface area contributed by atoms with E-state index in [0.29, 0.717) is 0 Å². The third-order valence-corrected chi connectivity index (χ3v) is 13.4. The summed E-state index contributed by atoms with van der Waals surface area (Å²) in [6, 6.07) is 8.69. The van der Waals surface area contributed by atoms with Crippen LogP contribution in [0.15, 0.2) is 64.3 Å². The van der Waals surface area contributed by atoms with Crippen LogP contribution in [-0.4, -0.2) is 137 Å². The summed E-state index contributed by atoms with van der Waals surface area (Å²) in [5, 5.41) is 40.0. The van der Waals surface area contributed by atoms with Crippen molar-refractivity contribution in [3.8, 4) is 0 Å². The molecule has 2 saturated carbocycles. The first kappa shape index (κ1) is 43.9. The van der Waals surface area contributed by atoms with Gasteiger partial charge in [0.2, 0.25) is 0 Å². The van der Waals surface area contributed by atoms with Crippen LogP contribution in [0.25, 0.3) is 0 Å². The molecule has 1 aromatic heterocycles. The summed E-state index contributed by atoms with van der Waals surface area (Å²) in [5.41, 5.74) is -7.70. The van der Waals surface area contributed by atoms with Crippen LogP contribution in [0.2, 0.25) is 0 Å². The van der Waals surface area contributed by atoms with Crippen LogP contribution >= 0.6 is 0 Å². The number of esters is 4. The Morgan fingerprint density at radius 2 is 1.64 bits per heavy atom. The summed E-state index contributed by atoms with van der Waals surface area (Å²) < 4.78 is 41.0. The quantitative estimate of drug-likeness (QED) is 0.160. The van der Waals surface area contributed by atoms with Gasteiger partial charge in [0.25, 0.3) is 0 Å². The first-order valence-electron chi connectivity index (χ1n) is 20.2. The van der Waals surface area contributed by atoms with Crippen molar-refractivity contribution < 1.29 is 76.9 Å². The summed E-state index contributed by atoms with van der Waals surface area (Å²) in [5.74, 6) is -6.31. The predicted molar refractivity (Wildman–Crippen MR) is 207 cm³/mol. The number of Topliss-reactive ketones (excluding diaryl/α,β-unsaturated/α-hetero) is 1. The lowest BCUT2D eigenvalue weighted by molar-refractivity contribution is -0.346. The van der Waals surface area contributed by atoms with Gasteiger partial charge in [0.05, 0.1) is 49.1 Å². The maximum atomic E-state index is 15.4. The predicted octanol–water partition coefficient (Wildman–Crippen LogP) is 1.94. The van der Waals surface area contributed by atoms with Crippen LogP contribution in [-0.2, 0) is 47.6 Å². The number of carbonyl (C=O) groups is 6. The number of ketones is 1. The van der Waals surface area contributed by atoms with Gasteiger partial charge in [-0.25, -0.2) is 14.4 Å². The van der Waals surface area contributed by atoms with E-state index in [0.717, 1.165) is 13.8 Å². The molecule has 1 aromatic carbocycles. The molecule has 61 heavy (non-hydrogen) atoms. The number of aliphatic hydroxyl groups is 3. The van der Waals surface area contributed by atoms with E-state index in [2.05, 4.69) is 5.32 Å². The molecule has 7 rings (SSSR count). The van der Waals surface area contributed by atoms with Gasteiger partial charge < -0.3 is 58.4 Å². The van der Waals surface area contributed by atoms with Gasteiger partial charge in [0.15, 0.2) is 23.6 Å². The summed E-state index contributed by atoms with van der Waals surface area (Å²) in [7, 11) is 0. The zero-order chi connectivity index (χ0) is 44.2. The lowest BCUT2D eigenvalue weighted by atomic mass is 9.44. The number of carbonyl (C=O) groups excluding carboxylic acids is 6. The van der Waals surface area contributed by atoms with E-state index in [1.165, 1.54) is 49.3 Å². The van der Waals surface area contributed by atoms with Gasteiger partial charge in [0, 0.05) is 45.2 Å². The molecule has 3 heterocycles. The van der Waals surface area contributed by atoms with E-state index in [4.69, 9.17) is 32.8 Å². The Kier molecular flexibility index (Phi) is 11.7. The molecule has 5 aliphatic rings. The number of rotatable bonds is 9. The number of fused-ring (bicyclic) bond motifs is 5. The molecule has 11 atom stereocenters. The molecular weight excluding hydrogens is 800 g/mol. The molecule has 2 aromatic rings. The Balaban J connectivity index is 1.37. The van der Waals surface area contributed by atoms with Crippen LogP contribution in [0.1, 0.15) is 76.5 Å². The lowest BCUT2D eigenvalue weighted by Crippen LogP contribution is -2.82. The third-order valence-electron chi connectivity index (χ3n) is 13.4. The summed E-state index contributed by atoms with van der Waals surface area (Å²) in [6.07, 6.45) is -9.34. The number of furan rings is 1. The number of hydrogen-bond acceptors (Lipinski definition) is 16. The minimum Gasteiger partial charge on any atom is -0.467 e. The number of nitrogens with zero attached hydrogens (tertiary/aromatic N) is 1. The van der Waals surface area contributed by atoms with Gasteiger partial charge in [-0.05, 0) is 49.3 Å². The van der Waals surface area contributed by atoms with Crippen LogP contribution in [0.3, 0.4) is 0 Å². The summed E-state index contributed by atoms with van der Waals surface area (Å²) in [6.45, 7) is 8.98. The van der Waals surface area contributed by atoms with Crippen molar-refractivity contribution in [3.05, 3.63) is 71.2 Å². The van der Waals surface area contributed by atoms with E-state index >= 15 is 4.79 Å². The number of nitrogens with one attached hydrogen (secondary N) is 1.